The lowest BCUT2D eigenvalue weighted by molar-refractivity contribution is -0.144. The van der Waals surface area contributed by atoms with E-state index in [4.69, 9.17) is 4.74 Å². The van der Waals surface area contributed by atoms with Gasteiger partial charge in [-0.25, -0.2) is 0 Å². The maximum absolute atomic E-state index is 12.4. The molecule has 0 fully saturated rings. The third kappa shape index (κ3) is 12.0. The summed E-state index contributed by atoms with van der Waals surface area (Å²) in [6.45, 7) is 4.78. The molecule has 1 aromatic rings. The van der Waals surface area contributed by atoms with Crippen LogP contribution in [0.4, 0.5) is 0 Å². The molecule has 0 aromatic heterocycles. The molecular weight excluding hydrogens is 374 g/mol. The van der Waals surface area contributed by atoms with E-state index >= 15 is 0 Å². The fraction of sp³-hybridized carbons (Fsp3) is 0.692. The molecule has 1 aromatic carbocycles. The van der Waals surface area contributed by atoms with Crippen molar-refractivity contribution in [2.24, 2.45) is 0 Å². The lowest BCUT2D eigenvalue weighted by atomic mass is 10.1. The molecule has 0 heterocycles. The number of hydrogen-bond donors (Lipinski definition) is 0. The Bertz CT molecular complexity index is 582. The van der Waals surface area contributed by atoms with Gasteiger partial charge in [-0.15, -0.1) is 0 Å². The van der Waals surface area contributed by atoms with Gasteiger partial charge in [0, 0.05) is 12.6 Å². The molecule has 30 heavy (non-hydrogen) atoms. The maximum Gasteiger partial charge on any atom is 0.325 e. The second-order valence-electron chi connectivity index (χ2n) is 8.32. The number of nitrogens with zero attached hydrogens (tertiary/aromatic N) is 1. The van der Waals surface area contributed by atoms with Crippen LogP contribution >= 0.6 is 0 Å². The molecule has 4 nitrogen and oxygen atoms in total. The molecule has 1 amide bonds. The van der Waals surface area contributed by atoms with E-state index in [9.17, 15) is 9.59 Å². The summed E-state index contributed by atoms with van der Waals surface area (Å²) in [6, 6.07) is 7.53. The maximum atomic E-state index is 12.4. The number of rotatable bonds is 17. The zero-order valence-corrected chi connectivity index (χ0v) is 19.6. The van der Waals surface area contributed by atoms with Crippen LogP contribution < -0.4 is 0 Å². The highest BCUT2D eigenvalue weighted by Crippen LogP contribution is 2.12. The van der Waals surface area contributed by atoms with Gasteiger partial charge in [0.1, 0.15) is 6.54 Å². The first-order chi connectivity index (χ1) is 14.6. The van der Waals surface area contributed by atoms with Crippen LogP contribution in [0, 0.1) is 0 Å². The average Bonchev–Trinajstić information content (AvgIpc) is 2.76. The van der Waals surface area contributed by atoms with Gasteiger partial charge in [-0.3, -0.25) is 9.59 Å². The minimum atomic E-state index is -0.334. The van der Waals surface area contributed by atoms with Crippen molar-refractivity contribution in [1.29, 1.82) is 0 Å². The van der Waals surface area contributed by atoms with Crippen LogP contribution in [-0.2, 0) is 16.0 Å². The van der Waals surface area contributed by atoms with Gasteiger partial charge in [-0.05, 0) is 30.5 Å². The van der Waals surface area contributed by atoms with Crippen LogP contribution in [0.1, 0.15) is 107 Å². The van der Waals surface area contributed by atoms with Gasteiger partial charge in [0.15, 0.2) is 0 Å². The quantitative estimate of drug-likeness (QED) is 0.213. The monoisotopic (exact) mass is 417 g/mol. The molecule has 0 aliphatic carbocycles. The number of hydrogen-bond acceptors (Lipinski definition) is 3. The summed E-state index contributed by atoms with van der Waals surface area (Å²) in [7, 11) is 1.64. The summed E-state index contributed by atoms with van der Waals surface area (Å²) in [5, 5.41) is 0. The molecule has 0 unspecified atom stereocenters. The van der Waals surface area contributed by atoms with Crippen molar-refractivity contribution >= 4 is 11.9 Å². The van der Waals surface area contributed by atoms with E-state index in [1.807, 2.05) is 24.3 Å². The molecule has 1 rings (SSSR count). The van der Waals surface area contributed by atoms with Gasteiger partial charge in [0.05, 0.1) is 6.61 Å². The topological polar surface area (TPSA) is 46.6 Å². The highest BCUT2D eigenvalue weighted by molar-refractivity contribution is 5.95. The van der Waals surface area contributed by atoms with Crippen LogP contribution in [0.5, 0.6) is 0 Å². The van der Waals surface area contributed by atoms with Crippen LogP contribution in [0.25, 0.3) is 0 Å². The van der Waals surface area contributed by atoms with Gasteiger partial charge in [-0.1, -0.05) is 96.6 Å². The molecule has 0 aliphatic rings. The minimum Gasteiger partial charge on any atom is -0.464 e. The van der Waals surface area contributed by atoms with Gasteiger partial charge >= 0.3 is 5.97 Å². The molecule has 0 N–H and O–H groups in total. The number of aryl methyl sites for hydroxylation is 1. The van der Waals surface area contributed by atoms with E-state index in [-0.39, 0.29) is 18.4 Å². The van der Waals surface area contributed by atoms with Crippen molar-refractivity contribution in [2.75, 3.05) is 20.2 Å². The lowest BCUT2D eigenvalue weighted by Gasteiger charge is -2.16. The number of amides is 1. The van der Waals surface area contributed by atoms with Crippen molar-refractivity contribution in [3.05, 3.63) is 35.4 Å². The van der Waals surface area contributed by atoms with E-state index in [1.54, 1.807) is 7.05 Å². The Balaban J connectivity index is 2.01. The molecule has 0 aliphatic heterocycles. The lowest BCUT2D eigenvalue weighted by Crippen LogP contribution is -2.33. The van der Waals surface area contributed by atoms with Crippen molar-refractivity contribution in [3.8, 4) is 0 Å². The Morgan fingerprint density at radius 3 is 1.77 bits per heavy atom. The molecule has 0 radical (unpaired) electrons. The van der Waals surface area contributed by atoms with Gasteiger partial charge in [0.25, 0.3) is 5.91 Å². The van der Waals surface area contributed by atoms with Crippen LogP contribution in [0.3, 0.4) is 0 Å². The molecule has 0 saturated heterocycles. The predicted octanol–water partition coefficient (Wildman–Crippen LogP) is 6.57. The van der Waals surface area contributed by atoms with E-state index in [0.717, 1.165) is 19.3 Å². The molecule has 170 valence electrons. The van der Waals surface area contributed by atoms with Gasteiger partial charge < -0.3 is 9.64 Å². The average molecular weight is 418 g/mol. The van der Waals surface area contributed by atoms with E-state index in [1.165, 1.54) is 74.7 Å². The Hall–Kier alpha value is -1.84. The summed E-state index contributed by atoms with van der Waals surface area (Å²) in [4.78, 5) is 25.8. The first-order valence-electron chi connectivity index (χ1n) is 12.1. The Morgan fingerprint density at radius 1 is 0.767 bits per heavy atom. The predicted molar refractivity (Wildman–Crippen MR) is 125 cm³/mol. The number of benzene rings is 1. The summed E-state index contributed by atoms with van der Waals surface area (Å²) >= 11 is 0. The Morgan fingerprint density at radius 2 is 1.27 bits per heavy atom. The zero-order valence-electron chi connectivity index (χ0n) is 19.6. The van der Waals surface area contributed by atoms with E-state index in [0.29, 0.717) is 12.2 Å². The Labute approximate surface area is 184 Å². The normalized spacial score (nSPS) is 10.8. The summed E-state index contributed by atoms with van der Waals surface area (Å²) in [5.41, 5.74) is 1.79. The smallest absolute Gasteiger partial charge is 0.325 e. The minimum absolute atomic E-state index is 0.00732. The largest absolute Gasteiger partial charge is 0.464 e. The standard InChI is InChI=1S/C26H43NO3/c1-4-6-7-8-9-10-11-12-13-14-15-16-21-30-25(28)22-27(3)26(29)24-19-17-23(5-2)18-20-24/h17-20H,4-16,21-22H2,1-3H3. The molecular formula is C26H43NO3. The van der Waals surface area contributed by atoms with Crippen molar-refractivity contribution in [1.82, 2.24) is 4.90 Å². The van der Waals surface area contributed by atoms with Crippen molar-refractivity contribution in [2.45, 2.75) is 97.3 Å². The highest BCUT2D eigenvalue weighted by Gasteiger charge is 2.15. The van der Waals surface area contributed by atoms with Crippen LogP contribution in [0.2, 0.25) is 0 Å². The van der Waals surface area contributed by atoms with Crippen LogP contribution in [0.15, 0.2) is 24.3 Å². The highest BCUT2D eigenvalue weighted by atomic mass is 16.5. The third-order valence-corrected chi connectivity index (χ3v) is 5.58. The number of esters is 1. The van der Waals surface area contributed by atoms with Gasteiger partial charge in [0.2, 0.25) is 0 Å². The summed E-state index contributed by atoms with van der Waals surface area (Å²) < 4.78 is 5.29. The van der Waals surface area contributed by atoms with Gasteiger partial charge in [-0.2, -0.15) is 0 Å². The fourth-order valence-corrected chi connectivity index (χ4v) is 3.54. The fourth-order valence-electron chi connectivity index (χ4n) is 3.54. The molecule has 0 saturated carbocycles. The molecule has 0 atom stereocenters. The van der Waals surface area contributed by atoms with E-state index < -0.39 is 0 Å². The summed E-state index contributed by atoms with van der Waals surface area (Å²) in [6.07, 6.45) is 16.3. The zero-order chi connectivity index (χ0) is 22.0. The SMILES string of the molecule is CCCCCCCCCCCCCCOC(=O)CN(C)C(=O)c1ccc(CC)cc1. The van der Waals surface area contributed by atoms with Crippen molar-refractivity contribution in [3.63, 3.8) is 0 Å². The number of likely N-dealkylation sites (N-methyl/N-ethyl adjacent to an activating group) is 1. The number of carbonyl (C=O) groups is 2. The Kier molecular flexibility index (Phi) is 14.8. The molecule has 0 spiro atoms. The second kappa shape index (κ2) is 16.9. The van der Waals surface area contributed by atoms with Crippen LogP contribution in [-0.4, -0.2) is 37.0 Å². The number of carbonyl (C=O) groups excluding carboxylic acids is 2. The number of ether oxygens (including phenoxy) is 1. The first-order valence-corrected chi connectivity index (χ1v) is 12.1. The van der Waals surface area contributed by atoms with E-state index in [2.05, 4.69) is 13.8 Å². The third-order valence-electron chi connectivity index (χ3n) is 5.58. The second-order valence-corrected chi connectivity index (χ2v) is 8.32. The molecule has 0 bridgehead atoms. The first kappa shape index (κ1) is 26.2. The summed E-state index contributed by atoms with van der Waals surface area (Å²) in [5.74, 6) is -0.487. The number of unbranched alkanes of at least 4 members (excludes halogenated alkanes) is 11. The van der Waals surface area contributed by atoms with Crippen molar-refractivity contribution < 1.29 is 14.3 Å². The molecule has 4 heteroatoms.